The molecule has 5 aromatic carbocycles. The van der Waals surface area contributed by atoms with E-state index in [1.807, 2.05) is 0 Å². The third-order valence-corrected chi connectivity index (χ3v) is 16.2. The number of hydrogen-bond donors (Lipinski definition) is 10. The van der Waals surface area contributed by atoms with E-state index >= 15 is 0 Å². The van der Waals surface area contributed by atoms with Gasteiger partial charge < -0.3 is 96.6 Å². The fraction of sp³-hybridized carbons (Fsp3) is 0. The van der Waals surface area contributed by atoms with Crippen LogP contribution in [0.2, 0.25) is 0 Å². The van der Waals surface area contributed by atoms with Crippen LogP contribution in [0, 0.1) is 0 Å². The van der Waals surface area contributed by atoms with Gasteiger partial charge in [0.1, 0.15) is 126 Å². The van der Waals surface area contributed by atoms with Gasteiger partial charge in [-0.1, -0.05) is 0 Å². The number of benzene rings is 5. The molecule has 10 N–H and O–H groups in total. The summed E-state index contributed by atoms with van der Waals surface area (Å²) in [7, 11) is -51.3. The van der Waals surface area contributed by atoms with Gasteiger partial charge in [0, 0.05) is 30.3 Å². The van der Waals surface area contributed by atoms with Gasteiger partial charge in [-0.25, -0.2) is 84.2 Å². The molecule has 0 unspecified atom stereocenters. The summed E-state index contributed by atoms with van der Waals surface area (Å²) in [6, 6.07) is 2.60. The average molecular weight is 1540 g/mol. The van der Waals surface area contributed by atoms with Crippen molar-refractivity contribution >= 4 is 101 Å². The first-order valence-electron chi connectivity index (χ1n) is 17.6. The summed E-state index contributed by atoms with van der Waals surface area (Å²) in [6.07, 6.45) is 0. The molecule has 0 amide bonds. The first-order chi connectivity index (χ1) is 35.2. The standard InChI is InChI=1S/5C6H6O8S2.2Fe.4Na/c5*7-4-1-3(15(9,10)11)2-5(6(4)8)16(12,13)14;;;;;;/h5*1-2,7-8H,(H,9,10,11)(H,12,13,14);;;;;;/q;;;;;2*+3;4*+1/p-10. The molecule has 0 aliphatic carbocycles. The van der Waals surface area contributed by atoms with Crippen molar-refractivity contribution in [3.05, 3.63) is 60.7 Å². The smallest absolute Gasteiger partial charge is 0.744 e. The second-order valence-corrected chi connectivity index (χ2v) is 27.1. The number of rotatable bonds is 10. The van der Waals surface area contributed by atoms with E-state index in [0.717, 1.165) is 0 Å². The third kappa shape index (κ3) is 28.4. The van der Waals surface area contributed by atoms with Crippen LogP contribution in [-0.2, 0) is 135 Å². The van der Waals surface area contributed by atoms with E-state index in [-0.39, 0.29) is 183 Å². The molecule has 0 atom stereocenters. The Labute approximate surface area is 593 Å². The van der Waals surface area contributed by atoms with Gasteiger partial charge in [0.25, 0.3) is 0 Å². The monoisotopic (exact) mass is 1540 g/mol. The van der Waals surface area contributed by atoms with Gasteiger partial charge in [0.15, 0.2) is 57.5 Å². The molecule has 0 spiro atoms. The van der Waals surface area contributed by atoms with Crippen LogP contribution in [-0.4, -0.2) is 181 Å². The second-order valence-electron chi connectivity index (χ2n) is 13.5. The zero-order chi connectivity index (χ0) is 63.6. The molecule has 0 aromatic heterocycles. The van der Waals surface area contributed by atoms with Gasteiger partial charge in [-0.3, -0.25) is 0 Å². The predicted molar refractivity (Wildman–Crippen MR) is 228 cm³/mol. The molecular weight excluding hydrogens is 1520 g/mol. The van der Waals surface area contributed by atoms with Crippen molar-refractivity contribution in [1.29, 1.82) is 0 Å². The quantitative estimate of drug-likeness (QED) is 0.0353. The summed E-state index contributed by atoms with van der Waals surface area (Å²) < 4.78 is 316. The largest absolute Gasteiger partial charge is 3.00 e. The average Bonchev–Trinajstić information content (AvgIpc) is 3.22. The Hall–Kier alpha value is -1.76. The van der Waals surface area contributed by atoms with Gasteiger partial charge in [-0.05, 0) is 30.3 Å². The first kappa shape index (κ1) is 95.3. The minimum absolute atomic E-state index is 0. The van der Waals surface area contributed by atoms with Crippen molar-refractivity contribution in [2.75, 3.05) is 0 Å². The van der Waals surface area contributed by atoms with Gasteiger partial charge in [-0.2, -0.15) is 0 Å². The van der Waals surface area contributed by atoms with Gasteiger partial charge in [-0.15, -0.1) is 0 Å². The van der Waals surface area contributed by atoms with Crippen molar-refractivity contribution in [3.8, 4) is 57.5 Å². The van der Waals surface area contributed by atoms with E-state index in [1.54, 1.807) is 0 Å². The van der Waals surface area contributed by atoms with Crippen LogP contribution in [0.15, 0.2) is 110 Å². The Morgan fingerprint density at radius 2 is 0.291 bits per heavy atom. The molecule has 86 heavy (non-hydrogen) atoms. The van der Waals surface area contributed by atoms with Crippen molar-refractivity contribution in [2.45, 2.75) is 49.0 Å². The van der Waals surface area contributed by atoms with Crippen LogP contribution in [0.1, 0.15) is 0 Å². The maximum absolute atomic E-state index is 10.6. The minimum atomic E-state index is -5.20. The molecule has 460 valence electrons. The van der Waals surface area contributed by atoms with Crippen LogP contribution < -0.4 is 118 Å². The zero-order valence-electron chi connectivity index (χ0n) is 41.3. The van der Waals surface area contributed by atoms with Crippen LogP contribution in [0.5, 0.6) is 57.5 Å². The summed E-state index contributed by atoms with van der Waals surface area (Å²) >= 11 is 0. The van der Waals surface area contributed by atoms with E-state index in [9.17, 15) is 130 Å². The summed E-state index contributed by atoms with van der Waals surface area (Å²) in [5.41, 5.74) is 0. The molecule has 0 bridgehead atoms. The van der Waals surface area contributed by atoms with Crippen molar-refractivity contribution < 1.29 is 333 Å². The molecule has 0 aliphatic heterocycles. The Morgan fingerprint density at radius 1 is 0.198 bits per heavy atom. The summed E-state index contributed by atoms with van der Waals surface area (Å²) in [5, 5.41) is 89.7. The second kappa shape index (κ2) is 34.2. The predicted octanol–water partition coefficient (Wildman–Crippen LogP) is -17.5. The molecule has 0 fully saturated rings. The molecule has 0 aliphatic rings. The van der Waals surface area contributed by atoms with Crippen LogP contribution in [0.4, 0.5) is 0 Å². The molecular formula is C30H20Fe2Na4O40S10. The van der Waals surface area contributed by atoms with E-state index in [2.05, 4.69) is 0 Å². The molecule has 5 aromatic rings. The van der Waals surface area contributed by atoms with Gasteiger partial charge in [0.05, 0.1) is 24.5 Å². The van der Waals surface area contributed by atoms with Crippen molar-refractivity contribution in [1.82, 2.24) is 0 Å². The van der Waals surface area contributed by atoms with Gasteiger partial charge >= 0.3 is 152 Å². The van der Waals surface area contributed by atoms with E-state index in [4.69, 9.17) is 51.1 Å². The fourth-order valence-electron chi connectivity index (χ4n) is 4.52. The minimum Gasteiger partial charge on any atom is -0.744 e. The molecule has 0 saturated heterocycles. The zero-order valence-corrected chi connectivity index (χ0v) is 59.7. The Kier molecular flexibility index (Phi) is 38.0. The SMILES string of the molecule is O=S(=O)([O-])c1cc(O)c(O)c(S(=O)(=O)[O-])c1.O=S(=O)([O-])c1cc(O)c(O)c(S(=O)(=O)[O-])c1.O=S(=O)([O-])c1cc(O)c(O)c(S(=O)(=O)[O-])c1.O=S(=O)([O-])c1cc(O)c(O)c(S(=O)(=O)[O-])c1.O=S(=O)([O-])c1cc(O)c(O)c(S(=O)(=O)[O-])c1.[Fe+3].[Fe+3].[Na+].[Na+].[Na+].[Na+]. The molecule has 2 radical (unpaired) electrons. The van der Waals surface area contributed by atoms with E-state index in [0.29, 0.717) is 30.3 Å². The number of hydrogen-bond acceptors (Lipinski definition) is 40. The van der Waals surface area contributed by atoms with Gasteiger partial charge in [0.2, 0.25) is 0 Å². The maximum atomic E-state index is 10.6. The van der Waals surface area contributed by atoms with Crippen LogP contribution in [0.25, 0.3) is 0 Å². The van der Waals surface area contributed by atoms with Crippen LogP contribution >= 0.6 is 0 Å². The fourth-order valence-corrected chi connectivity index (χ4v) is 10.5. The Bertz CT molecular complexity index is 3840. The topological polar surface area (TPSA) is 774 Å². The first-order valence-corrected chi connectivity index (χ1v) is 31.6. The van der Waals surface area contributed by atoms with Crippen molar-refractivity contribution in [2.24, 2.45) is 0 Å². The maximum Gasteiger partial charge on any atom is 3.00 e. The summed E-state index contributed by atoms with van der Waals surface area (Å²) in [6.45, 7) is 0. The Morgan fingerprint density at radius 3 is 0.360 bits per heavy atom. The molecule has 56 heteroatoms. The van der Waals surface area contributed by atoms with E-state index in [1.165, 1.54) is 0 Å². The molecule has 40 nitrogen and oxygen atoms in total. The summed E-state index contributed by atoms with van der Waals surface area (Å²) in [5.74, 6) is -12.5. The third-order valence-electron chi connectivity index (χ3n) is 7.93. The number of phenols is 10. The number of aromatic hydroxyl groups is 10. The van der Waals surface area contributed by atoms with E-state index < -0.39 is 208 Å². The Balaban J connectivity index is -0.000000229. The summed E-state index contributed by atoms with van der Waals surface area (Å²) in [4.78, 5) is -12.5. The molecule has 0 saturated carbocycles. The van der Waals surface area contributed by atoms with Crippen LogP contribution in [0.3, 0.4) is 0 Å². The van der Waals surface area contributed by atoms with Crippen molar-refractivity contribution in [3.63, 3.8) is 0 Å². The normalized spacial score (nSPS) is 11.7. The molecule has 5 rings (SSSR count). The molecule has 0 heterocycles. The number of phenolic OH excluding ortho intramolecular Hbond substituents is 10.